The van der Waals surface area contributed by atoms with Crippen molar-refractivity contribution in [3.63, 3.8) is 0 Å². The summed E-state index contributed by atoms with van der Waals surface area (Å²) in [5.41, 5.74) is 8.74. The largest absolute Gasteiger partial charge is 0.478 e. The highest BCUT2D eigenvalue weighted by Gasteiger charge is 2.14. The van der Waals surface area contributed by atoms with Gasteiger partial charge in [0.05, 0.1) is 5.56 Å². The second kappa shape index (κ2) is 7.62. The summed E-state index contributed by atoms with van der Waals surface area (Å²) in [5.74, 6) is -1.37. The SMILES string of the molecule is CCCc1cc(C(=O)O)c(CCC)cc1C=C(C)C(N)=O. The molecule has 0 aliphatic heterocycles. The predicted molar refractivity (Wildman–Crippen MR) is 84.2 cm³/mol. The normalized spacial score (nSPS) is 11.5. The maximum atomic E-state index is 11.4. The van der Waals surface area contributed by atoms with Crippen molar-refractivity contribution in [1.82, 2.24) is 0 Å². The Hall–Kier alpha value is -2.10. The van der Waals surface area contributed by atoms with Crippen molar-refractivity contribution < 1.29 is 14.7 Å². The van der Waals surface area contributed by atoms with Gasteiger partial charge in [0.1, 0.15) is 0 Å². The van der Waals surface area contributed by atoms with Crippen molar-refractivity contribution in [3.8, 4) is 0 Å². The third-order valence-electron chi connectivity index (χ3n) is 3.39. The van der Waals surface area contributed by atoms with Gasteiger partial charge in [0.15, 0.2) is 0 Å². The van der Waals surface area contributed by atoms with Crippen LogP contribution in [0.15, 0.2) is 17.7 Å². The first-order valence-electron chi connectivity index (χ1n) is 7.27. The number of primary amides is 1. The molecule has 1 aromatic carbocycles. The number of hydrogen-bond donors (Lipinski definition) is 2. The molecule has 114 valence electrons. The molecule has 0 aromatic heterocycles. The van der Waals surface area contributed by atoms with Gasteiger partial charge in [0.2, 0.25) is 5.91 Å². The lowest BCUT2D eigenvalue weighted by atomic mass is 9.92. The van der Waals surface area contributed by atoms with E-state index in [-0.39, 0.29) is 0 Å². The predicted octanol–water partition coefficient (Wildman–Crippen LogP) is 3.18. The Balaban J connectivity index is 3.46. The number of carboxylic acid groups (broad SMARTS) is 1. The monoisotopic (exact) mass is 289 g/mol. The highest BCUT2D eigenvalue weighted by molar-refractivity contribution is 5.96. The maximum Gasteiger partial charge on any atom is 0.335 e. The van der Waals surface area contributed by atoms with Crippen LogP contribution in [0.1, 0.15) is 60.7 Å². The smallest absolute Gasteiger partial charge is 0.335 e. The summed E-state index contributed by atoms with van der Waals surface area (Å²) < 4.78 is 0. The maximum absolute atomic E-state index is 11.4. The van der Waals surface area contributed by atoms with Gasteiger partial charge in [0, 0.05) is 5.57 Å². The topological polar surface area (TPSA) is 80.4 Å². The summed E-state index contributed by atoms with van der Waals surface area (Å²) in [7, 11) is 0. The van der Waals surface area contributed by atoms with E-state index in [0.717, 1.165) is 36.0 Å². The summed E-state index contributed by atoms with van der Waals surface area (Å²) in [6.07, 6.45) is 4.99. The van der Waals surface area contributed by atoms with Crippen LogP contribution in [0, 0.1) is 0 Å². The minimum Gasteiger partial charge on any atom is -0.478 e. The molecule has 1 rings (SSSR count). The Bertz CT molecular complexity index is 574. The van der Waals surface area contributed by atoms with Crippen LogP contribution in [-0.4, -0.2) is 17.0 Å². The highest BCUT2D eigenvalue weighted by atomic mass is 16.4. The van der Waals surface area contributed by atoms with Crippen LogP contribution in [0.4, 0.5) is 0 Å². The van der Waals surface area contributed by atoms with E-state index < -0.39 is 11.9 Å². The number of benzene rings is 1. The average molecular weight is 289 g/mol. The molecule has 4 nitrogen and oxygen atoms in total. The zero-order chi connectivity index (χ0) is 16.0. The molecule has 4 heteroatoms. The van der Waals surface area contributed by atoms with E-state index in [1.54, 1.807) is 19.1 Å². The Morgan fingerprint density at radius 1 is 1.14 bits per heavy atom. The minimum atomic E-state index is -0.905. The molecule has 0 fully saturated rings. The van der Waals surface area contributed by atoms with Crippen LogP contribution >= 0.6 is 0 Å². The average Bonchev–Trinajstić information content (AvgIpc) is 2.41. The zero-order valence-electron chi connectivity index (χ0n) is 12.9. The summed E-state index contributed by atoms with van der Waals surface area (Å²) in [5, 5.41) is 9.36. The van der Waals surface area contributed by atoms with Crippen molar-refractivity contribution >= 4 is 18.0 Å². The second-order valence-corrected chi connectivity index (χ2v) is 5.20. The lowest BCUT2D eigenvalue weighted by molar-refractivity contribution is -0.114. The molecule has 0 aliphatic carbocycles. The standard InChI is InChI=1S/C17H23NO3/c1-4-6-12-10-15(17(20)21)13(7-5-2)9-14(12)8-11(3)16(18)19/h8-10H,4-7H2,1-3H3,(H2,18,19)(H,20,21). The Kier molecular flexibility index (Phi) is 6.15. The van der Waals surface area contributed by atoms with Crippen LogP contribution in [0.5, 0.6) is 0 Å². The number of hydrogen-bond acceptors (Lipinski definition) is 2. The van der Waals surface area contributed by atoms with Crippen molar-refractivity contribution in [2.45, 2.75) is 46.5 Å². The summed E-state index contributed by atoms with van der Waals surface area (Å²) in [6.45, 7) is 5.72. The number of amides is 1. The summed E-state index contributed by atoms with van der Waals surface area (Å²) in [4.78, 5) is 22.6. The first kappa shape index (κ1) is 17.0. The first-order chi connectivity index (χ1) is 9.90. The van der Waals surface area contributed by atoms with Gasteiger partial charge in [-0.15, -0.1) is 0 Å². The van der Waals surface area contributed by atoms with Crippen LogP contribution in [-0.2, 0) is 17.6 Å². The molecule has 21 heavy (non-hydrogen) atoms. The lowest BCUT2D eigenvalue weighted by Crippen LogP contribution is -2.12. The number of carbonyl (C=O) groups is 2. The van der Waals surface area contributed by atoms with Gasteiger partial charge in [-0.25, -0.2) is 4.79 Å². The molecule has 0 aliphatic rings. The Morgan fingerprint density at radius 2 is 1.71 bits per heavy atom. The van der Waals surface area contributed by atoms with Gasteiger partial charge in [-0.3, -0.25) is 4.79 Å². The molecular weight excluding hydrogens is 266 g/mol. The quantitative estimate of drug-likeness (QED) is 0.756. The van der Waals surface area contributed by atoms with E-state index in [2.05, 4.69) is 0 Å². The summed E-state index contributed by atoms with van der Waals surface area (Å²) >= 11 is 0. The molecule has 0 saturated carbocycles. The zero-order valence-corrected chi connectivity index (χ0v) is 12.9. The number of carboxylic acids is 1. The van der Waals surface area contributed by atoms with Crippen molar-refractivity contribution in [3.05, 3.63) is 40.0 Å². The van der Waals surface area contributed by atoms with Crippen molar-refractivity contribution in [2.24, 2.45) is 5.73 Å². The van der Waals surface area contributed by atoms with E-state index in [0.29, 0.717) is 17.6 Å². The Morgan fingerprint density at radius 3 is 2.19 bits per heavy atom. The minimum absolute atomic E-state index is 0.356. The molecule has 1 aromatic rings. The third-order valence-corrected chi connectivity index (χ3v) is 3.39. The van der Waals surface area contributed by atoms with Crippen molar-refractivity contribution in [2.75, 3.05) is 0 Å². The van der Waals surface area contributed by atoms with Gasteiger partial charge in [-0.05, 0) is 48.6 Å². The van der Waals surface area contributed by atoms with Crippen molar-refractivity contribution in [1.29, 1.82) is 0 Å². The molecule has 0 radical (unpaired) electrons. The Labute approximate surface area is 125 Å². The van der Waals surface area contributed by atoms with Crippen LogP contribution in [0.3, 0.4) is 0 Å². The van der Waals surface area contributed by atoms with Gasteiger partial charge < -0.3 is 10.8 Å². The molecule has 0 saturated heterocycles. The van der Waals surface area contributed by atoms with E-state index in [4.69, 9.17) is 5.73 Å². The van der Waals surface area contributed by atoms with Gasteiger partial charge >= 0.3 is 5.97 Å². The number of aromatic carboxylic acids is 1. The van der Waals surface area contributed by atoms with E-state index in [9.17, 15) is 14.7 Å². The number of nitrogens with two attached hydrogens (primary N) is 1. The fraction of sp³-hybridized carbons (Fsp3) is 0.412. The molecule has 0 atom stereocenters. The number of rotatable bonds is 7. The third kappa shape index (κ3) is 4.45. The van der Waals surface area contributed by atoms with Crippen LogP contribution in [0.2, 0.25) is 0 Å². The second-order valence-electron chi connectivity index (χ2n) is 5.20. The molecule has 0 unspecified atom stereocenters. The van der Waals surface area contributed by atoms with Crippen LogP contribution in [0.25, 0.3) is 6.08 Å². The molecule has 3 N–H and O–H groups in total. The molecular formula is C17H23NO3. The molecule has 0 spiro atoms. The fourth-order valence-electron chi connectivity index (χ4n) is 2.31. The van der Waals surface area contributed by atoms with Gasteiger partial charge in [-0.2, -0.15) is 0 Å². The molecule has 1 amide bonds. The fourth-order valence-corrected chi connectivity index (χ4v) is 2.31. The molecule has 0 heterocycles. The summed E-state index contributed by atoms with van der Waals surface area (Å²) in [6, 6.07) is 3.61. The first-order valence-corrected chi connectivity index (χ1v) is 7.27. The van der Waals surface area contributed by atoms with E-state index >= 15 is 0 Å². The van der Waals surface area contributed by atoms with Gasteiger partial charge in [0.25, 0.3) is 0 Å². The number of carbonyl (C=O) groups excluding carboxylic acids is 1. The van der Waals surface area contributed by atoms with E-state index in [1.165, 1.54) is 0 Å². The number of aryl methyl sites for hydroxylation is 2. The van der Waals surface area contributed by atoms with Gasteiger partial charge in [-0.1, -0.05) is 32.8 Å². The highest BCUT2D eigenvalue weighted by Crippen LogP contribution is 2.22. The van der Waals surface area contributed by atoms with Crippen LogP contribution < -0.4 is 5.73 Å². The lowest BCUT2D eigenvalue weighted by Gasteiger charge is -2.12. The molecule has 0 bridgehead atoms. The van der Waals surface area contributed by atoms with E-state index in [1.807, 2.05) is 19.9 Å².